The van der Waals surface area contributed by atoms with E-state index in [2.05, 4.69) is 5.32 Å². The van der Waals surface area contributed by atoms with Crippen molar-refractivity contribution in [1.82, 2.24) is 10.6 Å². The molecule has 0 bridgehead atoms. The quantitative estimate of drug-likeness (QED) is 0.195. The minimum atomic E-state index is -4.93. The number of nitrogens with one attached hydrogen (secondary N) is 2. The smallest absolute Gasteiger partial charge is 0.463 e. The molecule has 0 radical (unpaired) electrons. The molecule has 2 amide bonds. The molecule has 0 aromatic heterocycles. The second-order valence-corrected chi connectivity index (χ2v) is 8.26. The topological polar surface area (TPSA) is 156 Å². The Morgan fingerprint density at radius 2 is 1.43 bits per heavy atom. The van der Waals surface area contributed by atoms with Crippen LogP contribution in [0.1, 0.15) is 53.4 Å². The highest BCUT2D eigenvalue weighted by atomic mass is 19.4. The maximum Gasteiger partial charge on any atom is 0.471 e. The van der Waals surface area contributed by atoms with Crippen molar-refractivity contribution in [3.8, 4) is 0 Å². The van der Waals surface area contributed by atoms with Gasteiger partial charge in [-0.15, -0.1) is 0 Å². The number of rotatable bonds is 13. The number of carbonyl (C=O) groups excluding carboxylic acids is 5. The van der Waals surface area contributed by atoms with Crippen molar-refractivity contribution < 1.29 is 60.8 Å². The van der Waals surface area contributed by atoms with Gasteiger partial charge in [0.25, 0.3) is 0 Å². The normalized spacial score (nSPS) is 23.5. The van der Waals surface area contributed by atoms with E-state index < -0.39 is 66.5 Å². The van der Waals surface area contributed by atoms with Gasteiger partial charge in [0.05, 0.1) is 0 Å². The Hall–Kier alpha value is -2.94. The Bertz CT molecular complexity index is 808. The number of hydrogen-bond donors (Lipinski definition) is 2. The summed E-state index contributed by atoms with van der Waals surface area (Å²) in [5.74, 6) is -4.61. The standard InChI is InChI=1S/C22H33F3N2O10/c1-12(28)27-17-19(36-15(4)31)18(35-14(3)30)16(11-34-13(2)29)37-20(17)33-10-8-6-5-7-9-26-21(32)22(23,24)25/h16-20H,5-11H2,1-4H3,(H,26,32)(H,27,28)/t16-,17-,18+,19-,20-/m1/s1. The van der Waals surface area contributed by atoms with Crippen molar-refractivity contribution in [3.05, 3.63) is 0 Å². The van der Waals surface area contributed by atoms with E-state index in [4.69, 9.17) is 23.7 Å². The van der Waals surface area contributed by atoms with Gasteiger partial charge in [-0.2, -0.15) is 13.2 Å². The predicted octanol–water partition coefficient (Wildman–Crippen LogP) is 0.898. The first-order valence-electron chi connectivity index (χ1n) is 11.6. The Kier molecular flexibility index (Phi) is 13.3. The Labute approximate surface area is 211 Å². The van der Waals surface area contributed by atoms with Crippen LogP contribution >= 0.6 is 0 Å². The average molecular weight is 543 g/mol. The minimum Gasteiger partial charge on any atom is -0.463 e. The largest absolute Gasteiger partial charge is 0.471 e. The lowest BCUT2D eigenvalue weighted by Crippen LogP contribution is -2.66. The molecule has 1 saturated heterocycles. The van der Waals surface area contributed by atoms with Crippen molar-refractivity contribution in [2.45, 2.75) is 90.2 Å². The van der Waals surface area contributed by atoms with Crippen LogP contribution in [0.2, 0.25) is 0 Å². The molecule has 1 aliphatic heterocycles. The maximum absolute atomic E-state index is 12.2. The second-order valence-electron chi connectivity index (χ2n) is 8.26. The third-order valence-electron chi connectivity index (χ3n) is 4.97. The molecule has 1 rings (SSSR count). The molecule has 5 atom stereocenters. The van der Waals surface area contributed by atoms with E-state index in [0.29, 0.717) is 25.7 Å². The predicted molar refractivity (Wildman–Crippen MR) is 117 cm³/mol. The van der Waals surface area contributed by atoms with Gasteiger partial charge in [0, 0.05) is 40.8 Å². The van der Waals surface area contributed by atoms with Gasteiger partial charge in [-0.25, -0.2) is 0 Å². The molecule has 12 nitrogen and oxygen atoms in total. The van der Waals surface area contributed by atoms with Crippen LogP contribution in [0.3, 0.4) is 0 Å². The fourth-order valence-corrected chi connectivity index (χ4v) is 3.52. The number of ether oxygens (including phenoxy) is 5. The first kappa shape index (κ1) is 32.1. The molecule has 0 aromatic rings. The second kappa shape index (κ2) is 15.3. The number of alkyl halides is 3. The van der Waals surface area contributed by atoms with Gasteiger partial charge >= 0.3 is 30.0 Å². The van der Waals surface area contributed by atoms with Gasteiger partial charge in [-0.3, -0.25) is 24.0 Å². The van der Waals surface area contributed by atoms with Gasteiger partial charge in [0.2, 0.25) is 5.91 Å². The van der Waals surface area contributed by atoms with Crippen LogP contribution in [0.15, 0.2) is 0 Å². The maximum atomic E-state index is 12.2. The molecule has 0 aliphatic carbocycles. The lowest BCUT2D eigenvalue weighted by Gasteiger charge is -2.44. The minimum absolute atomic E-state index is 0.0843. The summed E-state index contributed by atoms with van der Waals surface area (Å²) in [6.45, 7) is 4.22. The number of carbonyl (C=O) groups is 5. The summed E-state index contributed by atoms with van der Waals surface area (Å²) in [5.41, 5.74) is 0. The lowest BCUT2D eigenvalue weighted by molar-refractivity contribution is -0.277. The van der Waals surface area contributed by atoms with Crippen LogP contribution in [-0.2, 0) is 47.7 Å². The molecular weight excluding hydrogens is 509 g/mol. The highest BCUT2D eigenvalue weighted by Gasteiger charge is 2.51. The average Bonchev–Trinajstić information content (AvgIpc) is 2.76. The molecule has 212 valence electrons. The van der Waals surface area contributed by atoms with Crippen molar-refractivity contribution in [1.29, 1.82) is 0 Å². The van der Waals surface area contributed by atoms with Crippen LogP contribution in [-0.4, -0.2) is 86.3 Å². The molecule has 0 aromatic carbocycles. The van der Waals surface area contributed by atoms with E-state index in [9.17, 15) is 37.1 Å². The third-order valence-corrected chi connectivity index (χ3v) is 4.97. The number of halogens is 3. The first-order chi connectivity index (χ1) is 17.2. The monoisotopic (exact) mass is 542 g/mol. The van der Waals surface area contributed by atoms with Crippen LogP contribution in [0.4, 0.5) is 13.2 Å². The van der Waals surface area contributed by atoms with E-state index in [0.717, 1.165) is 20.8 Å². The molecule has 1 heterocycles. The SMILES string of the molecule is CC(=O)N[C@H]1[C@H](OCCCCCCNC(=O)C(F)(F)F)O[C@H](COC(C)=O)[C@H](OC(C)=O)[C@@H]1OC(C)=O. The Morgan fingerprint density at radius 3 is 1.97 bits per heavy atom. The molecule has 0 saturated carbocycles. The zero-order chi connectivity index (χ0) is 28.2. The molecule has 37 heavy (non-hydrogen) atoms. The molecule has 2 N–H and O–H groups in total. The molecule has 15 heteroatoms. The summed E-state index contributed by atoms with van der Waals surface area (Å²) < 4.78 is 63.7. The Balaban J connectivity index is 2.82. The van der Waals surface area contributed by atoms with Crippen molar-refractivity contribution >= 4 is 29.7 Å². The summed E-state index contributed by atoms with van der Waals surface area (Å²) >= 11 is 0. The number of esters is 3. The van der Waals surface area contributed by atoms with Crippen molar-refractivity contribution in [2.75, 3.05) is 19.8 Å². The zero-order valence-electron chi connectivity index (χ0n) is 21.1. The molecule has 0 unspecified atom stereocenters. The van der Waals surface area contributed by atoms with Gasteiger partial charge in [0.15, 0.2) is 18.5 Å². The third kappa shape index (κ3) is 12.2. The fourth-order valence-electron chi connectivity index (χ4n) is 3.52. The molecule has 1 fully saturated rings. The van der Waals surface area contributed by atoms with Crippen LogP contribution in [0.25, 0.3) is 0 Å². The van der Waals surface area contributed by atoms with Crippen LogP contribution in [0.5, 0.6) is 0 Å². The Morgan fingerprint density at radius 1 is 0.838 bits per heavy atom. The fraction of sp³-hybridized carbons (Fsp3) is 0.773. The van der Waals surface area contributed by atoms with Crippen LogP contribution < -0.4 is 10.6 Å². The van der Waals surface area contributed by atoms with Crippen molar-refractivity contribution in [2.24, 2.45) is 0 Å². The highest BCUT2D eigenvalue weighted by molar-refractivity contribution is 5.81. The summed E-state index contributed by atoms with van der Waals surface area (Å²) in [6, 6.07) is -1.09. The van der Waals surface area contributed by atoms with Crippen molar-refractivity contribution in [3.63, 3.8) is 0 Å². The van der Waals surface area contributed by atoms with E-state index in [1.54, 1.807) is 5.32 Å². The van der Waals surface area contributed by atoms with Gasteiger partial charge in [-0.05, 0) is 12.8 Å². The highest BCUT2D eigenvalue weighted by Crippen LogP contribution is 2.28. The zero-order valence-corrected chi connectivity index (χ0v) is 21.1. The van der Waals surface area contributed by atoms with E-state index in [1.165, 1.54) is 6.92 Å². The summed E-state index contributed by atoms with van der Waals surface area (Å²) in [4.78, 5) is 57.5. The number of hydrogen-bond acceptors (Lipinski definition) is 10. The lowest BCUT2D eigenvalue weighted by atomic mass is 9.96. The summed E-state index contributed by atoms with van der Waals surface area (Å²) in [7, 11) is 0. The van der Waals surface area contributed by atoms with E-state index >= 15 is 0 Å². The number of unbranched alkanes of at least 4 members (excludes halogenated alkanes) is 3. The summed E-state index contributed by atoms with van der Waals surface area (Å²) in [6.07, 6.45) is -7.87. The first-order valence-corrected chi connectivity index (χ1v) is 11.6. The van der Waals surface area contributed by atoms with E-state index in [1.807, 2.05) is 0 Å². The molecule has 0 spiro atoms. The van der Waals surface area contributed by atoms with Gasteiger partial charge < -0.3 is 34.3 Å². The molecular formula is C22H33F3N2O10. The van der Waals surface area contributed by atoms with Gasteiger partial charge in [0.1, 0.15) is 18.8 Å². The summed E-state index contributed by atoms with van der Waals surface area (Å²) in [5, 5.41) is 4.35. The number of amides is 2. The van der Waals surface area contributed by atoms with Crippen LogP contribution in [0, 0.1) is 0 Å². The van der Waals surface area contributed by atoms with E-state index in [-0.39, 0.29) is 19.8 Å². The van der Waals surface area contributed by atoms with Gasteiger partial charge in [-0.1, -0.05) is 12.8 Å². The molecule has 1 aliphatic rings.